The van der Waals surface area contributed by atoms with E-state index in [1.54, 1.807) is 0 Å². The predicted octanol–water partition coefficient (Wildman–Crippen LogP) is 6.47. The summed E-state index contributed by atoms with van der Waals surface area (Å²) >= 11 is 0. The molecule has 0 saturated carbocycles. The first-order chi connectivity index (χ1) is 13.9. The maximum atomic E-state index is 6.60. The third-order valence-electron chi connectivity index (χ3n) is 4.77. The second kappa shape index (κ2) is 11.2. The molecule has 0 N–H and O–H groups in total. The molecule has 0 aliphatic carbocycles. The summed E-state index contributed by atoms with van der Waals surface area (Å²) in [7, 11) is -0.799. The third kappa shape index (κ3) is 13.8. The van der Waals surface area contributed by atoms with E-state index in [0.29, 0.717) is 0 Å². The third-order valence-corrected chi connectivity index (χ3v) is 14.4. The van der Waals surface area contributed by atoms with Gasteiger partial charge in [-0.2, -0.15) is 0 Å². The normalized spacial score (nSPS) is 14.2. The summed E-state index contributed by atoms with van der Waals surface area (Å²) in [6, 6.07) is 11.8. The zero-order chi connectivity index (χ0) is 24.0. The van der Waals surface area contributed by atoms with E-state index in [2.05, 4.69) is 104 Å². The number of nitrogens with zero attached hydrogens (tertiary/aromatic N) is 1. The van der Waals surface area contributed by atoms with E-state index in [0.717, 1.165) is 43.3 Å². The molecular weight excluding hydrogens is 435 g/mol. The first kappa shape index (κ1) is 28.7. The van der Waals surface area contributed by atoms with Gasteiger partial charge >= 0.3 is 8.56 Å². The Morgan fingerprint density at radius 1 is 0.839 bits per heavy atom. The van der Waals surface area contributed by atoms with Crippen LogP contribution in [0.1, 0.15) is 25.8 Å². The smallest absolute Gasteiger partial charge is 0.314 e. The minimum Gasteiger partial charge on any atom is -0.437 e. The van der Waals surface area contributed by atoms with Crippen LogP contribution in [0.25, 0.3) is 0 Å². The van der Waals surface area contributed by atoms with Crippen molar-refractivity contribution in [2.24, 2.45) is 5.41 Å². The van der Waals surface area contributed by atoms with E-state index in [-0.39, 0.29) is 5.41 Å². The van der Waals surface area contributed by atoms with Crippen LogP contribution in [0.5, 0.6) is 0 Å². The van der Waals surface area contributed by atoms with Crippen LogP contribution in [-0.2, 0) is 19.5 Å². The molecule has 0 amide bonds. The Morgan fingerprint density at radius 3 is 1.84 bits per heavy atom. The molecule has 180 valence electrons. The van der Waals surface area contributed by atoms with Crippen LogP contribution in [0.15, 0.2) is 30.3 Å². The second-order valence-electron chi connectivity index (χ2n) is 12.6. The molecular formula is C24H50NO3Si3+. The Balaban J connectivity index is 2.51. The molecule has 7 heteroatoms. The summed E-state index contributed by atoms with van der Waals surface area (Å²) in [5, 5.41) is 0. The quantitative estimate of drug-likeness (QED) is 0.172. The Labute approximate surface area is 196 Å². The van der Waals surface area contributed by atoms with Crippen molar-refractivity contribution in [2.45, 2.75) is 78.7 Å². The molecule has 1 aromatic rings. The number of hydrogen-bond acceptors (Lipinski definition) is 3. The highest BCUT2D eigenvalue weighted by atomic mass is 28.5. The fourth-order valence-corrected chi connectivity index (χ4v) is 17.1. The van der Waals surface area contributed by atoms with Crippen molar-refractivity contribution in [3.8, 4) is 0 Å². The summed E-state index contributed by atoms with van der Waals surface area (Å²) in [4.78, 5) is 0. The highest BCUT2D eigenvalue weighted by Crippen LogP contribution is 2.26. The highest BCUT2D eigenvalue weighted by molar-refractivity contribution is 6.87. The van der Waals surface area contributed by atoms with Crippen LogP contribution in [0.4, 0.5) is 0 Å². The summed E-state index contributed by atoms with van der Waals surface area (Å²) in [6.07, 6.45) is 1.01. The summed E-state index contributed by atoms with van der Waals surface area (Å²) in [5.41, 5.74) is 1.51. The molecule has 0 aromatic heterocycles. The molecule has 0 bridgehead atoms. The minimum atomic E-state index is -2.16. The van der Waals surface area contributed by atoms with E-state index in [4.69, 9.17) is 13.0 Å². The van der Waals surface area contributed by atoms with Crippen molar-refractivity contribution >= 4 is 25.2 Å². The topological polar surface area (TPSA) is 27.7 Å². The summed E-state index contributed by atoms with van der Waals surface area (Å²) < 4.78 is 20.3. The molecule has 0 spiro atoms. The molecule has 0 heterocycles. The van der Waals surface area contributed by atoms with Gasteiger partial charge in [-0.1, -0.05) is 44.2 Å². The SMILES string of the molecule is CC(C)(COCCC[Si](C)(O[Si](C)(C)C)O[Si](C)(C)C)C[N+](C)(C)Cc1ccccc1. The Kier molecular flexibility index (Phi) is 10.4. The minimum absolute atomic E-state index is 0.128. The van der Waals surface area contributed by atoms with Gasteiger partial charge in [0.05, 0.1) is 27.2 Å². The first-order valence-corrected chi connectivity index (χ1v) is 21.1. The zero-order valence-electron chi connectivity index (χ0n) is 22.3. The van der Waals surface area contributed by atoms with Crippen LogP contribution in [0.3, 0.4) is 0 Å². The van der Waals surface area contributed by atoms with Crippen molar-refractivity contribution < 1.29 is 17.5 Å². The van der Waals surface area contributed by atoms with Crippen molar-refractivity contribution in [3.63, 3.8) is 0 Å². The van der Waals surface area contributed by atoms with E-state index in [9.17, 15) is 0 Å². The summed E-state index contributed by atoms with van der Waals surface area (Å²) in [5.74, 6) is 0. The maximum Gasteiger partial charge on any atom is 0.314 e. The van der Waals surface area contributed by atoms with Gasteiger partial charge in [0.1, 0.15) is 6.54 Å². The fraction of sp³-hybridized carbons (Fsp3) is 0.750. The standard InChI is InChI=1S/C24H50NO3Si3/c1-24(2,21-25(3,4)20-23-16-13-12-14-17-23)22-26-18-15-19-31(11,27-29(5,6)7)28-30(8,9)10/h12-14,16-17H,15,18-22H2,1-11H3/q+1. The Morgan fingerprint density at radius 2 is 1.35 bits per heavy atom. The molecule has 0 saturated heterocycles. The van der Waals surface area contributed by atoms with Crippen LogP contribution in [0.2, 0.25) is 51.9 Å². The molecule has 0 unspecified atom stereocenters. The zero-order valence-corrected chi connectivity index (χ0v) is 25.3. The van der Waals surface area contributed by atoms with E-state index in [1.807, 2.05) is 0 Å². The molecule has 0 fully saturated rings. The van der Waals surface area contributed by atoms with Gasteiger partial charge in [-0.25, -0.2) is 0 Å². The van der Waals surface area contributed by atoms with E-state index in [1.165, 1.54) is 5.56 Å². The molecule has 0 radical (unpaired) electrons. The summed E-state index contributed by atoms with van der Waals surface area (Å²) in [6.45, 7) is 24.2. The van der Waals surface area contributed by atoms with Gasteiger partial charge in [0.25, 0.3) is 0 Å². The van der Waals surface area contributed by atoms with Crippen LogP contribution < -0.4 is 0 Å². The molecule has 1 aromatic carbocycles. The van der Waals surface area contributed by atoms with Gasteiger partial charge in [0.15, 0.2) is 16.6 Å². The molecule has 0 aliphatic rings. The lowest BCUT2D eigenvalue weighted by Gasteiger charge is -2.39. The molecule has 4 nitrogen and oxygen atoms in total. The lowest BCUT2D eigenvalue weighted by atomic mass is 9.93. The molecule has 0 aliphatic heterocycles. The first-order valence-electron chi connectivity index (χ1n) is 11.7. The number of benzene rings is 1. The van der Waals surface area contributed by atoms with Gasteiger partial charge in [-0.05, 0) is 58.3 Å². The number of hydrogen-bond donors (Lipinski definition) is 0. The van der Waals surface area contributed by atoms with Crippen molar-refractivity contribution in [1.82, 2.24) is 0 Å². The van der Waals surface area contributed by atoms with Gasteiger partial charge in [-0.3, -0.25) is 0 Å². The fourth-order valence-electron chi connectivity index (χ4n) is 4.60. The number of rotatable bonds is 14. The molecule has 0 atom stereocenters. The number of ether oxygens (including phenoxy) is 1. The van der Waals surface area contributed by atoms with Crippen molar-refractivity contribution in [1.29, 1.82) is 0 Å². The van der Waals surface area contributed by atoms with Gasteiger partial charge in [0, 0.05) is 17.6 Å². The number of quaternary nitrogens is 1. The average Bonchev–Trinajstić information content (AvgIpc) is 2.49. The Bertz CT molecular complexity index is 636. The second-order valence-corrected chi connectivity index (χ2v) is 25.5. The lowest BCUT2D eigenvalue weighted by Crippen LogP contribution is -2.52. The van der Waals surface area contributed by atoms with Gasteiger partial charge in [-0.15, -0.1) is 0 Å². The highest BCUT2D eigenvalue weighted by Gasteiger charge is 2.39. The van der Waals surface area contributed by atoms with Crippen LogP contribution in [0, 0.1) is 5.41 Å². The van der Waals surface area contributed by atoms with Crippen molar-refractivity contribution in [2.75, 3.05) is 33.9 Å². The van der Waals surface area contributed by atoms with Gasteiger partial charge in [0.2, 0.25) is 0 Å². The average molecular weight is 485 g/mol. The van der Waals surface area contributed by atoms with Crippen molar-refractivity contribution in [3.05, 3.63) is 35.9 Å². The monoisotopic (exact) mass is 484 g/mol. The van der Waals surface area contributed by atoms with Crippen LogP contribution >= 0.6 is 0 Å². The van der Waals surface area contributed by atoms with Gasteiger partial charge < -0.3 is 17.5 Å². The Hall–Kier alpha value is -0.289. The maximum absolute atomic E-state index is 6.60. The largest absolute Gasteiger partial charge is 0.437 e. The molecule has 31 heavy (non-hydrogen) atoms. The molecule has 1 rings (SSSR count). The van der Waals surface area contributed by atoms with Crippen LogP contribution in [-0.4, -0.2) is 63.5 Å². The van der Waals surface area contributed by atoms with E-state index < -0.39 is 25.2 Å². The predicted molar refractivity (Wildman–Crippen MR) is 142 cm³/mol. The lowest BCUT2D eigenvalue weighted by molar-refractivity contribution is -0.909. The van der Waals surface area contributed by atoms with E-state index >= 15 is 0 Å².